The van der Waals surface area contributed by atoms with Gasteiger partial charge in [-0.25, -0.2) is 4.79 Å². The lowest BCUT2D eigenvalue weighted by Gasteiger charge is -2.28. The first-order chi connectivity index (χ1) is 13.7. The van der Waals surface area contributed by atoms with Crippen LogP contribution in [0.25, 0.3) is 0 Å². The Morgan fingerprint density at radius 2 is 2.00 bits per heavy atom. The summed E-state index contributed by atoms with van der Waals surface area (Å²) in [6, 6.07) is 7.38. The number of carbonyl (C=O) groups excluding carboxylic acids is 2. The first-order valence-corrected chi connectivity index (χ1v) is 9.15. The quantitative estimate of drug-likeness (QED) is 0.401. The molecule has 9 nitrogen and oxygen atoms in total. The number of amides is 1. The van der Waals surface area contributed by atoms with Crippen molar-refractivity contribution in [2.24, 2.45) is 11.1 Å². The van der Waals surface area contributed by atoms with Gasteiger partial charge < -0.3 is 24.4 Å². The molecule has 2 rings (SSSR count). The van der Waals surface area contributed by atoms with Crippen molar-refractivity contribution in [1.82, 2.24) is 5.32 Å². The van der Waals surface area contributed by atoms with Crippen LogP contribution in [0.3, 0.4) is 0 Å². The molecule has 156 valence electrons. The van der Waals surface area contributed by atoms with Crippen molar-refractivity contribution in [3.63, 3.8) is 0 Å². The molecule has 29 heavy (non-hydrogen) atoms. The Hall–Kier alpha value is -3.28. The van der Waals surface area contributed by atoms with Gasteiger partial charge in [-0.05, 0) is 44.9 Å². The number of hydrogen-bond acceptors (Lipinski definition) is 8. The van der Waals surface area contributed by atoms with Gasteiger partial charge in [-0.2, -0.15) is 5.26 Å². The van der Waals surface area contributed by atoms with Gasteiger partial charge in [0.15, 0.2) is 17.6 Å². The lowest BCUT2D eigenvalue weighted by molar-refractivity contribution is -0.159. The summed E-state index contributed by atoms with van der Waals surface area (Å²) in [5, 5.41) is 15.7. The number of nitrogens with one attached hydrogen (secondary N) is 1. The molecule has 1 N–H and O–H groups in total. The number of carbonyl (C=O) groups is 2. The van der Waals surface area contributed by atoms with E-state index < -0.39 is 30.1 Å². The molecule has 2 unspecified atom stereocenters. The van der Waals surface area contributed by atoms with Crippen LogP contribution in [0.4, 0.5) is 0 Å². The molecule has 0 aliphatic carbocycles. The highest BCUT2D eigenvalue weighted by Crippen LogP contribution is 2.32. The van der Waals surface area contributed by atoms with E-state index in [1.165, 1.54) is 6.92 Å². The van der Waals surface area contributed by atoms with Crippen LogP contribution in [0.5, 0.6) is 11.5 Å². The zero-order valence-corrected chi connectivity index (χ0v) is 17.1. The number of fused-ring (bicyclic) bond motifs is 1. The fraction of sp³-hybridized carbons (Fsp3) is 0.500. The zero-order chi connectivity index (χ0) is 21.6. The molecule has 0 saturated heterocycles. The van der Waals surface area contributed by atoms with Crippen LogP contribution in [0.2, 0.25) is 0 Å². The molecule has 0 aromatic heterocycles. The molecule has 1 aromatic carbocycles. The molecule has 2 atom stereocenters. The van der Waals surface area contributed by atoms with E-state index in [0.717, 1.165) is 5.56 Å². The van der Waals surface area contributed by atoms with Crippen LogP contribution in [0, 0.1) is 17.2 Å². The van der Waals surface area contributed by atoms with E-state index in [-0.39, 0.29) is 12.7 Å². The number of oxime groups is 1. The van der Waals surface area contributed by atoms with E-state index >= 15 is 0 Å². The highest BCUT2D eigenvalue weighted by Gasteiger charge is 2.32. The third-order valence-electron chi connectivity index (χ3n) is 4.62. The smallest absolute Gasteiger partial charge is 0.347 e. The predicted octanol–water partition coefficient (Wildman–Crippen LogP) is 2.14. The maximum Gasteiger partial charge on any atom is 0.347 e. The summed E-state index contributed by atoms with van der Waals surface area (Å²) in [7, 11) is 0. The molecule has 0 radical (unpaired) electrons. The van der Waals surface area contributed by atoms with Gasteiger partial charge in [0.25, 0.3) is 5.91 Å². The van der Waals surface area contributed by atoms with Gasteiger partial charge in [-0.15, -0.1) is 0 Å². The maximum atomic E-state index is 12.2. The second kappa shape index (κ2) is 9.28. The Balaban J connectivity index is 1.83. The lowest BCUT2D eigenvalue weighted by atomic mass is 9.90. The molecule has 0 saturated carbocycles. The van der Waals surface area contributed by atoms with Gasteiger partial charge >= 0.3 is 5.97 Å². The largest absolute Gasteiger partial charge is 0.454 e. The first-order valence-electron chi connectivity index (χ1n) is 9.15. The SMILES string of the molecule is C/C(=N\OCC(=O)OC(C)C(=O)NC(C)(C#N)C(C)C)c1ccc2c(c1)OCO2. The molecule has 0 bridgehead atoms. The number of hydrogen-bond donors (Lipinski definition) is 1. The molecule has 1 aliphatic rings. The van der Waals surface area contributed by atoms with Crippen LogP contribution in [0.15, 0.2) is 23.4 Å². The Labute approximate surface area is 169 Å². The maximum absolute atomic E-state index is 12.2. The second-order valence-corrected chi connectivity index (χ2v) is 7.11. The standard InChI is InChI=1S/C20H25N3O6/c1-12(2)20(5,10-21)22-19(25)14(4)29-18(24)9-28-23-13(3)15-6-7-16-17(8-15)27-11-26-16/h6-8,12,14H,9,11H2,1-5H3,(H,22,25)/b23-13+. The molecule has 1 aromatic rings. The van der Waals surface area contributed by atoms with Gasteiger partial charge in [0.2, 0.25) is 13.4 Å². The molecule has 1 amide bonds. The summed E-state index contributed by atoms with van der Waals surface area (Å²) in [6.45, 7) is 8.09. The minimum Gasteiger partial charge on any atom is -0.454 e. The van der Waals surface area contributed by atoms with Crippen molar-refractivity contribution >= 4 is 17.6 Å². The second-order valence-electron chi connectivity index (χ2n) is 7.11. The fourth-order valence-electron chi connectivity index (χ4n) is 2.30. The molecular weight excluding hydrogens is 378 g/mol. The van der Waals surface area contributed by atoms with Crippen molar-refractivity contribution in [2.75, 3.05) is 13.4 Å². The topological polar surface area (TPSA) is 119 Å². The van der Waals surface area contributed by atoms with Gasteiger partial charge in [0, 0.05) is 5.56 Å². The normalized spacial score (nSPS) is 15.8. The summed E-state index contributed by atoms with van der Waals surface area (Å²) >= 11 is 0. The summed E-state index contributed by atoms with van der Waals surface area (Å²) in [4.78, 5) is 29.1. The summed E-state index contributed by atoms with van der Waals surface area (Å²) in [6.07, 6.45) is -1.07. The van der Waals surface area contributed by atoms with Crippen LogP contribution in [-0.2, 0) is 19.2 Å². The van der Waals surface area contributed by atoms with Crippen molar-refractivity contribution in [1.29, 1.82) is 5.26 Å². The van der Waals surface area contributed by atoms with Crippen molar-refractivity contribution in [2.45, 2.75) is 46.3 Å². The third kappa shape index (κ3) is 5.60. The van der Waals surface area contributed by atoms with Gasteiger partial charge in [-0.3, -0.25) is 4.79 Å². The predicted molar refractivity (Wildman–Crippen MR) is 103 cm³/mol. The Bertz CT molecular complexity index is 845. The monoisotopic (exact) mass is 403 g/mol. The van der Waals surface area contributed by atoms with E-state index in [9.17, 15) is 14.9 Å². The Morgan fingerprint density at radius 3 is 2.66 bits per heavy atom. The van der Waals surface area contributed by atoms with Crippen molar-refractivity contribution in [3.8, 4) is 17.6 Å². The number of nitriles is 1. The van der Waals surface area contributed by atoms with E-state index in [1.54, 1.807) is 32.0 Å². The molecule has 0 fully saturated rings. The molecule has 1 aliphatic heterocycles. The highest BCUT2D eigenvalue weighted by atomic mass is 16.7. The summed E-state index contributed by atoms with van der Waals surface area (Å²) < 4.78 is 15.6. The molecule has 0 spiro atoms. The average Bonchev–Trinajstić information content (AvgIpc) is 3.15. The van der Waals surface area contributed by atoms with E-state index in [1.807, 2.05) is 13.8 Å². The van der Waals surface area contributed by atoms with Crippen molar-refractivity contribution < 1.29 is 28.6 Å². The molecular formula is C20H25N3O6. The molecule has 9 heteroatoms. The minimum absolute atomic E-state index is 0.115. The Kier molecular flexibility index (Phi) is 7.04. The Morgan fingerprint density at radius 1 is 1.31 bits per heavy atom. The van der Waals surface area contributed by atoms with E-state index in [4.69, 9.17) is 19.0 Å². The number of nitrogens with zero attached hydrogens (tertiary/aromatic N) is 2. The van der Waals surface area contributed by atoms with Gasteiger partial charge in [0.05, 0.1) is 11.8 Å². The number of benzene rings is 1. The van der Waals surface area contributed by atoms with Gasteiger partial charge in [0.1, 0.15) is 5.54 Å². The number of esters is 1. The molecule has 1 heterocycles. The van der Waals surface area contributed by atoms with Crippen LogP contribution in [-0.4, -0.2) is 42.6 Å². The van der Waals surface area contributed by atoms with Gasteiger partial charge in [-0.1, -0.05) is 19.0 Å². The average molecular weight is 403 g/mol. The van der Waals surface area contributed by atoms with Crippen LogP contribution in [0.1, 0.15) is 40.2 Å². The third-order valence-corrected chi connectivity index (χ3v) is 4.62. The van der Waals surface area contributed by atoms with Crippen LogP contribution < -0.4 is 14.8 Å². The fourth-order valence-corrected chi connectivity index (χ4v) is 2.30. The lowest BCUT2D eigenvalue weighted by Crippen LogP contribution is -2.52. The number of ether oxygens (including phenoxy) is 3. The van der Waals surface area contributed by atoms with E-state index in [0.29, 0.717) is 17.2 Å². The first kappa shape index (κ1) is 22.0. The van der Waals surface area contributed by atoms with Crippen molar-refractivity contribution in [3.05, 3.63) is 23.8 Å². The summed E-state index contributed by atoms with van der Waals surface area (Å²) in [5.74, 6) is -0.157. The van der Waals surface area contributed by atoms with Crippen LogP contribution >= 0.6 is 0 Å². The van der Waals surface area contributed by atoms with E-state index in [2.05, 4.69) is 16.5 Å². The summed E-state index contributed by atoms with van der Waals surface area (Å²) in [5.41, 5.74) is 0.226. The zero-order valence-electron chi connectivity index (χ0n) is 17.1. The number of rotatable bonds is 8. The minimum atomic E-state index is -1.07. The highest BCUT2D eigenvalue weighted by molar-refractivity contribution is 5.99.